The van der Waals surface area contributed by atoms with E-state index in [1.807, 2.05) is 0 Å². The summed E-state index contributed by atoms with van der Waals surface area (Å²) in [6.45, 7) is 3.43. The number of aromatic nitrogens is 1. The molecule has 0 radical (unpaired) electrons. The van der Waals surface area contributed by atoms with E-state index in [4.69, 9.17) is 4.42 Å². The Bertz CT molecular complexity index is 1080. The van der Waals surface area contributed by atoms with Crippen LogP contribution in [0.25, 0.3) is 22.6 Å². The van der Waals surface area contributed by atoms with Crippen molar-refractivity contribution in [1.29, 1.82) is 0 Å². The summed E-state index contributed by atoms with van der Waals surface area (Å²) in [5, 5.41) is 2.62. The van der Waals surface area contributed by atoms with Gasteiger partial charge >= 0.3 is 6.18 Å². The van der Waals surface area contributed by atoms with Gasteiger partial charge in [-0.1, -0.05) is 18.2 Å². The average Bonchev–Trinajstić information content (AvgIpc) is 3.10. The van der Waals surface area contributed by atoms with Crippen LogP contribution in [0.4, 0.5) is 13.2 Å². The van der Waals surface area contributed by atoms with Crippen LogP contribution in [-0.2, 0) is 6.18 Å². The fourth-order valence-corrected chi connectivity index (χ4v) is 2.53. The van der Waals surface area contributed by atoms with E-state index in [-0.39, 0.29) is 22.6 Å². The lowest BCUT2D eigenvalue weighted by molar-refractivity contribution is -0.137. The lowest BCUT2D eigenvalue weighted by Gasteiger charge is -2.06. The number of aliphatic imine (C=N–C) groups is 1. The van der Waals surface area contributed by atoms with E-state index in [0.717, 1.165) is 12.1 Å². The highest BCUT2D eigenvalue weighted by atomic mass is 19.4. The second kappa shape index (κ2) is 7.67. The van der Waals surface area contributed by atoms with Crippen LogP contribution in [0.3, 0.4) is 0 Å². The highest BCUT2D eigenvalue weighted by Gasteiger charge is 2.31. The summed E-state index contributed by atoms with van der Waals surface area (Å²) in [4.78, 5) is 20.8. The van der Waals surface area contributed by atoms with Gasteiger partial charge in [0.15, 0.2) is 5.58 Å². The number of amides is 1. The third kappa shape index (κ3) is 4.11. The molecule has 0 atom stereocenters. The molecular weight excluding hydrogens is 371 g/mol. The highest BCUT2D eigenvalue weighted by molar-refractivity contribution is 6.11. The van der Waals surface area contributed by atoms with Gasteiger partial charge in [-0.05, 0) is 44.2 Å². The molecule has 8 heteroatoms. The van der Waals surface area contributed by atoms with Crippen LogP contribution in [0.2, 0.25) is 0 Å². The zero-order chi connectivity index (χ0) is 20.3. The lowest BCUT2D eigenvalue weighted by atomic mass is 10.1. The standard InChI is InChI=1S/C20H16F3N3O2/c1-3-10-24-12(2)25-18(27)15-8-5-9-16-17(15)28-19(26-16)13-6-4-7-14(11-13)20(21,22)23/h3-11H,1-2H3,(H,24,25,27)/b10-3-. The maximum Gasteiger partial charge on any atom is 0.416 e. The number of oxazole rings is 1. The number of carbonyl (C=O) groups is 1. The van der Waals surface area contributed by atoms with Crippen molar-refractivity contribution in [3.63, 3.8) is 0 Å². The molecule has 1 aromatic heterocycles. The topological polar surface area (TPSA) is 67.5 Å². The minimum atomic E-state index is -4.48. The van der Waals surface area contributed by atoms with Crippen molar-refractivity contribution in [2.75, 3.05) is 0 Å². The molecule has 0 aliphatic heterocycles. The largest absolute Gasteiger partial charge is 0.435 e. The maximum absolute atomic E-state index is 12.9. The van der Waals surface area contributed by atoms with E-state index in [2.05, 4.69) is 15.3 Å². The van der Waals surface area contributed by atoms with E-state index in [1.54, 1.807) is 38.1 Å². The second-order valence-corrected chi connectivity index (χ2v) is 5.90. The van der Waals surface area contributed by atoms with Crippen molar-refractivity contribution in [2.24, 2.45) is 4.99 Å². The number of hydrogen-bond acceptors (Lipinski definition) is 4. The van der Waals surface area contributed by atoms with E-state index >= 15 is 0 Å². The first-order valence-electron chi connectivity index (χ1n) is 8.33. The Labute approximate surface area is 158 Å². The number of halogens is 3. The maximum atomic E-state index is 12.9. The summed E-state index contributed by atoms with van der Waals surface area (Å²) in [5.74, 6) is -0.0681. The van der Waals surface area contributed by atoms with Gasteiger partial charge in [-0.25, -0.2) is 9.98 Å². The number of benzene rings is 2. The van der Waals surface area contributed by atoms with Crippen molar-refractivity contribution in [2.45, 2.75) is 20.0 Å². The Hall–Kier alpha value is -3.42. The molecule has 2 aromatic carbocycles. The molecule has 0 bridgehead atoms. The molecule has 0 unspecified atom stereocenters. The highest BCUT2D eigenvalue weighted by Crippen LogP contribution is 2.33. The van der Waals surface area contributed by atoms with Gasteiger partial charge < -0.3 is 9.73 Å². The Kier molecular flexibility index (Phi) is 5.30. The fourth-order valence-electron chi connectivity index (χ4n) is 2.53. The Morgan fingerprint density at radius 2 is 1.96 bits per heavy atom. The van der Waals surface area contributed by atoms with Crippen LogP contribution in [0.1, 0.15) is 29.8 Å². The number of amidine groups is 1. The van der Waals surface area contributed by atoms with E-state index in [0.29, 0.717) is 11.4 Å². The molecule has 1 heterocycles. The van der Waals surface area contributed by atoms with Crippen molar-refractivity contribution in [3.8, 4) is 11.5 Å². The van der Waals surface area contributed by atoms with Gasteiger partial charge in [0, 0.05) is 11.8 Å². The quantitative estimate of drug-likeness (QED) is 0.496. The van der Waals surface area contributed by atoms with E-state index in [9.17, 15) is 18.0 Å². The number of allylic oxidation sites excluding steroid dienone is 1. The fraction of sp³-hybridized carbons (Fsp3) is 0.150. The van der Waals surface area contributed by atoms with Crippen LogP contribution in [0, 0.1) is 0 Å². The number of para-hydroxylation sites is 1. The van der Waals surface area contributed by atoms with Crippen LogP contribution in [-0.4, -0.2) is 16.7 Å². The summed E-state index contributed by atoms with van der Waals surface area (Å²) >= 11 is 0. The van der Waals surface area contributed by atoms with Gasteiger partial charge in [0.25, 0.3) is 5.91 Å². The summed E-state index contributed by atoms with van der Waals surface area (Å²) in [6, 6.07) is 9.45. The number of hydrogen-bond donors (Lipinski definition) is 1. The number of alkyl halides is 3. The predicted octanol–water partition coefficient (Wildman–Crippen LogP) is 5.20. The summed E-state index contributed by atoms with van der Waals surface area (Å²) < 4.78 is 44.5. The average molecular weight is 387 g/mol. The molecule has 0 spiro atoms. The Balaban J connectivity index is 1.99. The molecule has 0 saturated carbocycles. The molecule has 0 aliphatic rings. The van der Waals surface area contributed by atoms with Crippen molar-refractivity contribution in [1.82, 2.24) is 10.3 Å². The molecule has 144 valence electrons. The Morgan fingerprint density at radius 3 is 2.68 bits per heavy atom. The second-order valence-electron chi connectivity index (χ2n) is 5.90. The van der Waals surface area contributed by atoms with Crippen LogP contribution in [0.5, 0.6) is 0 Å². The van der Waals surface area contributed by atoms with E-state index in [1.165, 1.54) is 18.3 Å². The number of carbonyl (C=O) groups excluding carboxylic acids is 1. The monoisotopic (exact) mass is 387 g/mol. The Morgan fingerprint density at radius 1 is 1.21 bits per heavy atom. The molecule has 0 saturated heterocycles. The minimum Gasteiger partial charge on any atom is -0.435 e. The van der Waals surface area contributed by atoms with Gasteiger partial charge in [-0.15, -0.1) is 0 Å². The lowest BCUT2D eigenvalue weighted by Crippen LogP contribution is -2.28. The van der Waals surface area contributed by atoms with Gasteiger partial charge in [-0.3, -0.25) is 4.79 Å². The third-order valence-electron chi connectivity index (χ3n) is 3.81. The zero-order valence-electron chi connectivity index (χ0n) is 15.0. The van der Waals surface area contributed by atoms with Crippen LogP contribution < -0.4 is 5.32 Å². The molecule has 1 N–H and O–H groups in total. The van der Waals surface area contributed by atoms with Gasteiger partial charge in [0.2, 0.25) is 5.89 Å². The number of nitrogens with one attached hydrogen (secondary N) is 1. The molecule has 0 fully saturated rings. The van der Waals surface area contributed by atoms with Gasteiger partial charge in [-0.2, -0.15) is 13.2 Å². The first kappa shape index (κ1) is 19.3. The van der Waals surface area contributed by atoms with Crippen molar-refractivity contribution < 1.29 is 22.4 Å². The summed E-state index contributed by atoms with van der Waals surface area (Å²) in [7, 11) is 0. The molecule has 3 rings (SSSR count). The number of rotatable bonds is 3. The van der Waals surface area contributed by atoms with Gasteiger partial charge in [0.1, 0.15) is 11.4 Å². The normalized spacial score (nSPS) is 12.7. The molecule has 1 amide bonds. The number of fused-ring (bicyclic) bond motifs is 1. The van der Waals surface area contributed by atoms with Crippen molar-refractivity contribution in [3.05, 3.63) is 65.9 Å². The molecule has 5 nitrogen and oxygen atoms in total. The van der Waals surface area contributed by atoms with Crippen LogP contribution in [0.15, 0.2) is 64.2 Å². The third-order valence-corrected chi connectivity index (χ3v) is 3.81. The minimum absolute atomic E-state index is 0.000607. The summed E-state index contributed by atoms with van der Waals surface area (Å²) in [5.41, 5.74) is 0.122. The zero-order valence-corrected chi connectivity index (χ0v) is 15.0. The number of nitrogens with zero attached hydrogens (tertiary/aromatic N) is 2. The van der Waals surface area contributed by atoms with Crippen LogP contribution >= 0.6 is 0 Å². The van der Waals surface area contributed by atoms with Gasteiger partial charge in [0.05, 0.1) is 11.1 Å². The smallest absolute Gasteiger partial charge is 0.416 e. The molecule has 3 aromatic rings. The first-order valence-corrected chi connectivity index (χ1v) is 8.33. The molecule has 0 aliphatic carbocycles. The summed E-state index contributed by atoms with van der Waals surface area (Å²) in [6.07, 6.45) is -1.22. The van der Waals surface area contributed by atoms with Crippen molar-refractivity contribution >= 4 is 22.8 Å². The molecular formula is C20H16F3N3O2. The molecule has 28 heavy (non-hydrogen) atoms. The van der Waals surface area contributed by atoms with E-state index < -0.39 is 17.6 Å². The predicted molar refractivity (Wildman–Crippen MR) is 99.8 cm³/mol. The SMILES string of the molecule is C/C=C\N=C(C)NC(=O)c1cccc2nc(-c3cccc(C(F)(F)F)c3)oc12. The first-order chi connectivity index (χ1) is 13.3.